The molecule has 2 rings (SSSR count). The van der Waals surface area contributed by atoms with Gasteiger partial charge in [0.15, 0.2) is 5.78 Å². The van der Waals surface area contributed by atoms with Gasteiger partial charge in [-0.25, -0.2) is 0 Å². The third-order valence-corrected chi connectivity index (χ3v) is 5.19. The molecular formula is C19H31NO5. The average molecular weight is 353 g/mol. The lowest BCUT2D eigenvalue weighted by atomic mass is 9.79. The number of aliphatic hydroxyl groups is 1. The minimum Gasteiger partial charge on any atom is -0.387 e. The lowest BCUT2D eigenvalue weighted by molar-refractivity contribution is -0.165. The number of ether oxygens (including phenoxy) is 2. The zero-order valence-electron chi connectivity index (χ0n) is 15.8. The molecule has 6 heteroatoms. The van der Waals surface area contributed by atoms with Crippen molar-refractivity contribution >= 4 is 11.7 Å². The summed E-state index contributed by atoms with van der Waals surface area (Å²) >= 11 is 0. The van der Waals surface area contributed by atoms with E-state index in [1.807, 2.05) is 0 Å². The molecule has 1 aliphatic carbocycles. The number of amides is 1. The Morgan fingerprint density at radius 2 is 2.08 bits per heavy atom. The Bertz CT molecular complexity index is 532. The second-order valence-corrected chi connectivity index (χ2v) is 7.27. The molecule has 25 heavy (non-hydrogen) atoms. The van der Waals surface area contributed by atoms with Crippen molar-refractivity contribution in [1.29, 1.82) is 0 Å². The SMILES string of the molecule is CCCCO[C@@H]1CCC[C@]2(O)C[C@H](N(/C=C(/C)C(C)=O)C(C)=O)O[C@@H]12. The Morgan fingerprint density at radius 1 is 1.36 bits per heavy atom. The summed E-state index contributed by atoms with van der Waals surface area (Å²) in [6, 6.07) is 0. The van der Waals surface area contributed by atoms with Crippen molar-refractivity contribution in [3.63, 3.8) is 0 Å². The number of carbonyl (C=O) groups is 2. The molecule has 1 amide bonds. The van der Waals surface area contributed by atoms with E-state index in [1.165, 1.54) is 24.9 Å². The fourth-order valence-electron chi connectivity index (χ4n) is 3.59. The van der Waals surface area contributed by atoms with Crippen LogP contribution < -0.4 is 0 Å². The summed E-state index contributed by atoms with van der Waals surface area (Å²) in [4.78, 5) is 25.0. The van der Waals surface area contributed by atoms with E-state index >= 15 is 0 Å². The van der Waals surface area contributed by atoms with Crippen LogP contribution in [0.1, 0.15) is 66.2 Å². The summed E-state index contributed by atoms with van der Waals surface area (Å²) in [6.45, 7) is 7.34. The number of hydrogen-bond donors (Lipinski definition) is 1. The lowest BCUT2D eigenvalue weighted by Crippen LogP contribution is -2.50. The van der Waals surface area contributed by atoms with Gasteiger partial charge in [0.05, 0.1) is 11.7 Å². The van der Waals surface area contributed by atoms with E-state index in [1.54, 1.807) is 6.92 Å². The highest BCUT2D eigenvalue weighted by molar-refractivity contribution is 5.93. The van der Waals surface area contributed by atoms with Crippen molar-refractivity contribution in [2.45, 2.75) is 90.3 Å². The molecule has 6 nitrogen and oxygen atoms in total. The van der Waals surface area contributed by atoms with Crippen LogP contribution in [-0.4, -0.2) is 52.3 Å². The van der Waals surface area contributed by atoms with Crippen LogP contribution in [0.4, 0.5) is 0 Å². The Labute approximate surface area is 150 Å². The molecule has 0 aromatic rings. The number of rotatable bonds is 7. The predicted molar refractivity (Wildman–Crippen MR) is 93.7 cm³/mol. The first kappa shape index (κ1) is 20.1. The maximum atomic E-state index is 12.1. The third-order valence-electron chi connectivity index (χ3n) is 5.19. The summed E-state index contributed by atoms with van der Waals surface area (Å²) in [5.41, 5.74) is -0.498. The molecule has 0 spiro atoms. The van der Waals surface area contributed by atoms with Crippen LogP contribution in [0, 0.1) is 0 Å². The summed E-state index contributed by atoms with van der Waals surface area (Å²) in [5, 5.41) is 11.1. The van der Waals surface area contributed by atoms with E-state index in [0.717, 1.165) is 25.7 Å². The molecule has 1 saturated carbocycles. The molecule has 0 unspecified atom stereocenters. The summed E-state index contributed by atoms with van der Waals surface area (Å²) in [7, 11) is 0. The molecule has 1 aliphatic heterocycles. The third kappa shape index (κ3) is 4.68. The molecule has 0 bridgehead atoms. The van der Waals surface area contributed by atoms with Crippen LogP contribution in [0.2, 0.25) is 0 Å². The smallest absolute Gasteiger partial charge is 0.225 e. The minimum absolute atomic E-state index is 0.0962. The Morgan fingerprint density at radius 3 is 2.68 bits per heavy atom. The van der Waals surface area contributed by atoms with Gasteiger partial charge in [0.25, 0.3) is 0 Å². The fraction of sp³-hybridized carbons (Fsp3) is 0.789. The molecule has 1 heterocycles. The van der Waals surface area contributed by atoms with Crippen LogP contribution in [0.25, 0.3) is 0 Å². The molecule has 1 saturated heterocycles. The van der Waals surface area contributed by atoms with E-state index in [2.05, 4.69) is 6.92 Å². The lowest BCUT2D eigenvalue weighted by Gasteiger charge is -2.38. The van der Waals surface area contributed by atoms with E-state index in [4.69, 9.17) is 9.47 Å². The van der Waals surface area contributed by atoms with Gasteiger partial charge in [-0.05, 0) is 39.5 Å². The van der Waals surface area contributed by atoms with Gasteiger partial charge < -0.3 is 14.6 Å². The summed E-state index contributed by atoms with van der Waals surface area (Å²) in [5.74, 6) is -0.308. The standard InChI is InChI=1S/C19H31NO5/c1-5-6-10-24-16-8-7-9-19(23)11-17(25-18(16)19)20(15(4)22)12-13(2)14(3)21/h12,16-18,23H,5-11H2,1-4H3/b13-12-/t16-,17-,18+,19+/m1/s1. The van der Waals surface area contributed by atoms with Crippen LogP contribution >= 0.6 is 0 Å². The number of allylic oxidation sites excluding steroid dienone is 1. The molecule has 0 aromatic heterocycles. The number of ketones is 1. The predicted octanol–water partition coefficient (Wildman–Crippen LogP) is 2.54. The molecule has 1 N–H and O–H groups in total. The van der Waals surface area contributed by atoms with Crippen LogP contribution in [-0.2, 0) is 19.1 Å². The molecule has 0 aromatic carbocycles. The number of nitrogens with zero attached hydrogens (tertiary/aromatic N) is 1. The van der Waals surface area contributed by atoms with Crippen molar-refractivity contribution < 1.29 is 24.2 Å². The van der Waals surface area contributed by atoms with Crippen LogP contribution in [0.5, 0.6) is 0 Å². The molecule has 0 radical (unpaired) electrons. The van der Waals surface area contributed by atoms with Gasteiger partial charge in [-0.1, -0.05) is 13.3 Å². The van der Waals surface area contributed by atoms with Gasteiger partial charge in [0.2, 0.25) is 5.91 Å². The summed E-state index contributed by atoms with van der Waals surface area (Å²) in [6.07, 6.45) is 5.12. The first-order chi connectivity index (χ1) is 11.8. The molecule has 2 fully saturated rings. The molecule has 142 valence electrons. The maximum Gasteiger partial charge on any atom is 0.225 e. The first-order valence-electron chi connectivity index (χ1n) is 9.26. The fourth-order valence-corrected chi connectivity index (χ4v) is 3.59. The zero-order valence-corrected chi connectivity index (χ0v) is 15.8. The van der Waals surface area contributed by atoms with E-state index in [0.29, 0.717) is 25.0 Å². The number of Topliss-reactive ketones (excluding diaryl/α,β-unsaturated/α-hetero) is 1. The maximum absolute atomic E-state index is 12.1. The van der Waals surface area contributed by atoms with Crippen molar-refractivity contribution in [2.24, 2.45) is 0 Å². The van der Waals surface area contributed by atoms with Crippen LogP contribution in [0.15, 0.2) is 11.8 Å². The highest BCUT2D eigenvalue weighted by Crippen LogP contribution is 2.43. The first-order valence-corrected chi connectivity index (χ1v) is 9.26. The van der Waals surface area contributed by atoms with Gasteiger partial charge in [-0.15, -0.1) is 0 Å². The topological polar surface area (TPSA) is 76.1 Å². The largest absolute Gasteiger partial charge is 0.387 e. The monoisotopic (exact) mass is 353 g/mol. The second-order valence-electron chi connectivity index (χ2n) is 7.27. The van der Waals surface area contributed by atoms with Crippen molar-refractivity contribution in [3.8, 4) is 0 Å². The van der Waals surface area contributed by atoms with Crippen molar-refractivity contribution in [1.82, 2.24) is 4.90 Å². The van der Waals surface area contributed by atoms with Gasteiger partial charge in [0, 0.05) is 31.7 Å². The Balaban J connectivity index is 2.15. The Kier molecular flexibility index (Phi) is 6.77. The van der Waals surface area contributed by atoms with Crippen molar-refractivity contribution in [3.05, 3.63) is 11.8 Å². The van der Waals surface area contributed by atoms with Crippen LogP contribution in [0.3, 0.4) is 0 Å². The van der Waals surface area contributed by atoms with Gasteiger partial charge in [-0.2, -0.15) is 0 Å². The molecular weight excluding hydrogens is 322 g/mol. The zero-order chi connectivity index (χ0) is 18.6. The summed E-state index contributed by atoms with van der Waals surface area (Å²) < 4.78 is 12.0. The van der Waals surface area contributed by atoms with Crippen molar-refractivity contribution in [2.75, 3.05) is 6.61 Å². The molecule has 4 atom stereocenters. The van der Waals surface area contributed by atoms with Gasteiger partial charge in [-0.3, -0.25) is 14.5 Å². The molecule has 2 aliphatic rings. The van der Waals surface area contributed by atoms with Gasteiger partial charge in [0.1, 0.15) is 12.3 Å². The second kappa shape index (κ2) is 8.43. The number of fused-ring (bicyclic) bond motifs is 1. The minimum atomic E-state index is -0.981. The normalized spacial score (nSPS) is 32.4. The number of hydrogen-bond acceptors (Lipinski definition) is 5. The Hall–Kier alpha value is -1.24. The average Bonchev–Trinajstić information content (AvgIpc) is 2.89. The number of carbonyl (C=O) groups excluding carboxylic acids is 2. The highest BCUT2D eigenvalue weighted by atomic mass is 16.6. The van der Waals surface area contributed by atoms with Gasteiger partial charge >= 0.3 is 0 Å². The quantitative estimate of drug-likeness (QED) is 0.562. The number of unbranched alkanes of at least 4 members (excludes halogenated alkanes) is 1. The highest BCUT2D eigenvalue weighted by Gasteiger charge is 2.54. The van der Waals surface area contributed by atoms with E-state index in [9.17, 15) is 14.7 Å². The van der Waals surface area contributed by atoms with E-state index in [-0.39, 0.29) is 17.8 Å². The van der Waals surface area contributed by atoms with E-state index < -0.39 is 17.9 Å².